The van der Waals surface area contributed by atoms with Crippen LogP contribution in [0.2, 0.25) is 0 Å². The van der Waals surface area contributed by atoms with E-state index in [1.165, 1.54) is 4.90 Å². The number of nitrogens with one attached hydrogen (secondary N) is 1. The molecule has 0 aliphatic carbocycles. The molecule has 2 amide bonds. The van der Waals surface area contributed by atoms with Crippen molar-refractivity contribution in [3.05, 3.63) is 47.5 Å². The minimum absolute atomic E-state index is 0.0143. The molecule has 1 saturated heterocycles. The Bertz CT molecular complexity index is 804. The second kappa shape index (κ2) is 7.65. The average molecular weight is 396 g/mol. The number of alkyl halides is 3. The molecule has 2 N–H and O–H groups in total. The van der Waals surface area contributed by atoms with Crippen molar-refractivity contribution < 1.29 is 32.7 Å². The summed E-state index contributed by atoms with van der Waals surface area (Å²) in [5.41, 5.74) is -0.891. The number of fused-ring (bicyclic) bond motifs is 1. The third-order valence-corrected chi connectivity index (χ3v) is 5.07. The van der Waals surface area contributed by atoms with Crippen LogP contribution in [0.3, 0.4) is 0 Å². The Morgan fingerprint density at radius 3 is 2.32 bits per heavy atom. The quantitative estimate of drug-likeness (QED) is 0.769. The van der Waals surface area contributed by atoms with Gasteiger partial charge in [-0.1, -0.05) is 12.2 Å². The van der Waals surface area contributed by atoms with Crippen LogP contribution in [-0.4, -0.2) is 45.9 Å². The van der Waals surface area contributed by atoms with Gasteiger partial charge in [0.05, 0.1) is 5.56 Å². The first kappa shape index (κ1) is 19.9. The largest absolute Gasteiger partial charge is 0.480 e. The number of amides is 2. The molecule has 150 valence electrons. The number of hydrogen-bond donors (Lipinski definition) is 2. The highest BCUT2D eigenvalue weighted by Crippen LogP contribution is 2.30. The van der Waals surface area contributed by atoms with Crippen LogP contribution in [-0.2, 0) is 15.8 Å². The van der Waals surface area contributed by atoms with E-state index >= 15 is 0 Å². The van der Waals surface area contributed by atoms with Gasteiger partial charge in [-0.15, -0.1) is 0 Å². The van der Waals surface area contributed by atoms with E-state index in [0.29, 0.717) is 19.3 Å². The maximum absolute atomic E-state index is 12.9. The molecule has 0 bridgehead atoms. The van der Waals surface area contributed by atoms with Gasteiger partial charge in [-0.2, -0.15) is 13.2 Å². The number of rotatable bonds is 3. The van der Waals surface area contributed by atoms with Crippen LogP contribution in [0.5, 0.6) is 0 Å². The van der Waals surface area contributed by atoms with Crippen LogP contribution < -0.4 is 5.32 Å². The van der Waals surface area contributed by atoms with E-state index in [9.17, 15) is 32.7 Å². The highest BCUT2D eigenvalue weighted by Gasteiger charge is 2.43. The first-order valence-electron chi connectivity index (χ1n) is 8.86. The summed E-state index contributed by atoms with van der Waals surface area (Å²) >= 11 is 0. The molecule has 0 aromatic heterocycles. The van der Waals surface area contributed by atoms with Crippen molar-refractivity contribution in [1.82, 2.24) is 10.2 Å². The van der Waals surface area contributed by atoms with Crippen molar-refractivity contribution in [1.29, 1.82) is 0 Å². The average Bonchev–Trinajstić information content (AvgIpc) is 3.05. The number of aliphatic carboxylic acids is 1. The van der Waals surface area contributed by atoms with Gasteiger partial charge in [0, 0.05) is 11.6 Å². The molecule has 3 atom stereocenters. The van der Waals surface area contributed by atoms with E-state index in [4.69, 9.17) is 0 Å². The van der Waals surface area contributed by atoms with Crippen molar-refractivity contribution in [3.63, 3.8) is 0 Å². The lowest BCUT2D eigenvalue weighted by molar-refractivity contribution is -0.150. The molecule has 0 spiro atoms. The SMILES string of the molecule is O=C(N[C@H]1CC=CC[C@@H]2CC[C@@H](C(=O)O)N2C1=O)c1ccc(C(F)(F)F)cc1. The Hall–Kier alpha value is -2.84. The fourth-order valence-corrected chi connectivity index (χ4v) is 3.63. The number of benzene rings is 1. The number of halogens is 3. The van der Waals surface area contributed by atoms with Crippen molar-refractivity contribution in [2.75, 3.05) is 0 Å². The van der Waals surface area contributed by atoms with Gasteiger partial charge in [0.25, 0.3) is 5.91 Å². The van der Waals surface area contributed by atoms with Gasteiger partial charge in [0.2, 0.25) is 5.91 Å². The number of carboxylic acid groups (broad SMARTS) is 1. The molecule has 2 heterocycles. The fraction of sp³-hybridized carbons (Fsp3) is 0.421. The van der Waals surface area contributed by atoms with E-state index in [0.717, 1.165) is 24.3 Å². The van der Waals surface area contributed by atoms with Gasteiger partial charge in [-0.05, 0) is 49.9 Å². The number of carbonyl (C=O) groups excluding carboxylic acids is 2. The van der Waals surface area contributed by atoms with Gasteiger partial charge in [-0.25, -0.2) is 4.79 Å². The zero-order valence-corrected chi connectivity index (χ0v) is 14.8. The molecule has 0 radical (unpaired) electrons. The van der Waals surface area contributed by atoms with E-state index in [1.54, 1.807) is 6.08 Å². The van der Waals surface area contributed by atoms with Crippen molar-refractivity contribution in [3.8, 4) is 0 Å². The van der Waals surface area contributed by atoms with Crippen LogP contribution in [0.25, 0.3) is 0 Å². The first-order chi connectivity index (χ1) is 13.2. The van der Waals surface area contributed by atoms with Gasteiger partial charge in [0.1, 0.15) is 12.1 Å². The topological polar surface area (TPSA) is 86.7 Å². The monoisotopic (exact) mass is 396 g/mol. The molecule has 1 aromatic rings. The Morgan fingerprint density at radius 1 is 1.07 bits per heavy atom. The summed E-state index contributed by atoms with van der Waals surface area (Å²) in [5, 5.41) is 11.9. The Morgan fingerprint density at radius 2 is 1.71 bits per heavy atom. The van der Waals surface area contributed by atoms with Crippen LogP contribution >= 0.6 is 0 Å². The second-order valence-electron chi connectivity index (χ2n) is 6.87. The maximum atomic E-state index is 12.9. The summed E-state index contributed by atoms with van der Waals surface area (Å²) in [5.74, 6) is -2.27. The predicted octanol–water partition coefficient (Wildman–Crippen LogP) is 2.60. The highest BCUT2D eigenvalue weighted by atomic mass is 19.4. The Balaban J connectivity index is 1.77. The molecule has 28 heavy (non-hydrogen) atoms. The van der Waals surface area contributed by atoms with E-state index in [-0.39, 0.29) is 18.0 Å². The highest BCUT2D eigenvalue weighted by molar-refractivity contribution is 5.98. The first-order valence-corrected chi connectivity index (χ1v) is 8.86. The van der Waals surface area contributed by atoms with Crippen LogP contribution in [0.15, 0.2) is 36.4 Å². The van der Waals surface area contributed by atoms with Crippen LogP contribution in [0, 0.1) is 0 Å². The molecule has 2 aliphatic rings. The van der Waals surface area contributed by atoms with Crippen LogP contribution in [0.4, 0.5) is 13.2 Å². The smallest absolute Gasteiger partial charge is 0.416 e. The van der Waals surface area contributed by atoms with Crippen molar-refractivity contribution in [2.24, 2.45) is 0 Å². The summed E-state index contributed by atoms with van der Waals surface area (Å²) in [6, 6.07) is 1.52. The Labute approximate surface area is 159 Å². The summed E-state index contributed by atoms with van der Waals surface area (Å²) < 4.78 is 37.9. The van der Waals surface area contributed by atoms with Gasteiger partial charge in [-0.3, -0.25) is 9.59 Å². The maximum Gasteiger partial charge on any atom is 0.416 e. The standard InChI is InChI=1S/C19H19F3N2O4/c20-19(21,22)12-7-5-11(6-8-12)16(25)23-14-4-2-1-3-13-9-10-15(18(27)28)24(13)17(14)26/h1-2,5-8,13-15H,3-4,9-10H2,(H,23,25)(H,27,28)/t13-,14+,15+/m1/s1. The third kappa shape index (κ3) is 4.02. The zero-order chi connectivity index (χ0) is 20.5. The van der Waals surface area contributed by atoms with E-state index in [1.807, 2.05) is 6.08 Å². The second-order valence-corrected chi connectivity index (χ2v) is 6.87. The fourth-order valence-electron chi connectivity index (χ4n) is 3.63. The molecule has 1 aromatic carbocycles. The van der Waals surface area contributed by atoms with Crippen molar-refractivity contribution in [2.45, 2.75) is 50.0 Å². The molecule has 3 rings (SSSR count). The normalized spacial score (nSPS) is 25.0. The zero-order valence-electron chi connectivity index (χ0n) is 14.8. The third-order valence-electron chi connectivity index (χ3n) is 5.07. The van der Waals surface area contributed by atoms with Crippen molar-refractivity contribution >= 4 is 17.8 Å². The van der Waals surface area contributed by atoms with E-state index in [2.05, 4.69) is 5.32 Å². The molecular formula is C19H19F3N2O4. The lowest BCUT2D eigenvalue weighted by atomic mass is 10.0. The van der Waals surface area contributed by atoms with Gasteiger partial charge in [0.15, 0.2) is 0 Å². The summed E-state index contributed by atoms with van der Waals surface area (Å²) in [6.45, 7) is 0. The number of nitrogens with zero attached hydrogens (tertiary/aromatic N) is 1. The summed E-state index contributed by atoms with van der Waals surface area (Å²) in [4.78, 5) is 38.1. The van der Waals surface area contributed by atoms with Crippen LogP contribution in [0.1, 0.15) is 41.6 Å². The summed E-state index contributed by atoms with van der Waals surface area (Å²) in [6.07, 6.45) is 0.736. The van der Waals surface area contributed by atoms with E-state index < -0.39 is 41.6 Å². The lowest BCUT2D eigenvalue weighted by Gasteiger charge is -2.32. The number of carboxylic acids is 1. The number of carbonyl (C=O) groups is 3. The van der Waals surface area contributed by atoms with Gasteiger partial charge < -0.3 is 15.3 Å². The molecular weight excluding hydrogens is 377 g/mol. The van der Waals surface area contributed by atoms with Gasteiger partial charge >= 0.3 is 12.1 Å². The molecule has 1 fully saturated rings. The minimum Gasteiger partial charge on any atom is -0.480 e. The Kier molecular flexibility index (Phi) is 5.44. The molecule has 0 unspecified atom stereocenters. The molecule has 6 nitrogen and oxygen atoms in total. The summed E-state index contributed by atoms with van der Waals surface area (Å²) in [7, 11) is 0. The lowest BCUT2D eigenvalue weighted by Crippen LogP contribution is -2.54. The minimum atomic E-state index is -4.51. The molecule has 0 saturated carbocycles. The molecule has 9 heteroatoms. The predicted molar refractivity (Wildman–Crippen MR) is 92.4 cm³/mol. The number of hydrogen-bond acceptors (Lipinski definition) is 3. The molecule has 2 aliphatic heterocycles.